The molecule has 1 aromatic rings. The second kappa shape index (κ2) is 6.44. The second-order valence-corrected chi connectivity index (χ2v) is 5.90. The van der Waals surface area contributed by atoms with Gasteiger partial charge in [-0.05, 0) is 12.1 Å². The fraction of sp³-hybridized carbons (Fsp3) is 0.400. The van der Waals surface area contributed by atoms with Crippen LogP contribution in [0.25, 0.3) is 0 Å². The van der Waals surface area contributed by atoms with Crippen LogP contribution in [0.1, 0.15) is 0 Å². The Labute approximate surface area is 121 Å². The molecule has 1 heterocycles. The average molecular weight is 326 g/mol. The molecule has 0 atom stereocenters. The molecule has 0 radical (unpaired) electrons. The third-order valence-electron chi connectivity index (χ3n) is 2.83. The van der Waals surface area contributed by atoms with E-state index in [1.807, 2.05) is 0 Å². The summed E-state index contributed by atoms with van der Waals surface area (Å²) in [6.45, 7) is 1.33. The maximum absolute atomic E-state index is 13.5. The van der Waals surface area contributed by atoms with E-state index in [1.54, 1.807) is 0 Å². The van der Waals surface area contributed by atoms with Crippen LogP contribution in [-0.2, 0) is 10.0 Å². The molecule has 0 amide bonds. The number of benzene rings is 1. The Kier molecular flexibility index (Phi) is 5.40. The van der Waals surface area contributed by atoms with Crippen molar-refractivity contribution in [2.45, 2.75) is 4.90 Å². The molecule has 7 nitrogen and oxygen atoms in total. The van der Waals surface area contributed by atoms with E-state index in [0.717, 1.165) is 22.5 Å². The van der Waals surface area contributed by atoms with Crippen molar-refractivity contribution in [2.24, 2.45) is 0 Å². The van der Waals surface area contributed by atoms with Gasteiger partial charge in [-0.3, -0.25) is 10.1 Å². The Balaban J connectivity index is 0.00000200. The van der Waals surface area contributed by atoms with Crippen LogP contribution in [0, 0.1) is 15.9 Å². The van der Waals surface area contributed by atoms with Crippen LogP contribution < -0.4 is 5.32 Å². The first-order valence-corrected chi connectivity index (χ1v) is 7.02. The summed E-state index contributed by atoms with van der Waals surface area (Å²) >= 11 is 0. The Morgan fingerprint density at radius 2 is 1.90 bits per heavy atom. The molecule has 1 aliphatic heterocycles. The van der Waals surface area contributed by atoms with Crippen molar-refractivity contribution in [3.05, 3.63) is 34.1 Å². The molecule has 1 aliphatic rings. The van der Waals surface area contributed by atoms with E-state index >= 15 is 0 Å². The average Bonchev–Trinajstić information content (AvgIpc) is 2.39. The zero-order valence-corrected chi connectivity index (χ0v) is 11.9. The molecule has 1 fully saturated rings. The summed E-state index contributed by atoms with van der Waals surface area (Å²) in [6.07, 6.45) is 0. The molecule has 0 unspecified atom stereocenters. The van der Waals surface area contributed by atoms with Gasteiger partial charge >= 0.3 is 5.69 Å². The Bertz CT molecular complexity index is 605. The molecular formula is C10H13ClFN3O4S. The maximum atomic E-state index is 13.5. The van der Waals surface area contributed by atoms with Crippen molar-refractivity contribution >= 4 is 28.1 Å². The predicted molar refractivity (Wildman–Crippen MR) is 71.9 cm³/mol. The van der Waals surface area contributed by atoms with E-state index in [-0.39, 0.29) is 25.5 Å². The van der Waals surface area contributed by atoms with Gasteiger partial charge in [0, 0.05) is 26.2 Å². The summed E-state index contributed by atoms with van der Waals surface area (Å²) in [5, 5.41) is 13.8. The van der Waals surface area contributed by atoms with Crippen LogP contribution in [0.3, 0.4) is 0 Å². The molecule has 1 N–H and O–H groups in total. The quantitative estimate of drug-likeness (QED) is 0.654. The van der Waals surface area contributed by atoms with E-state index in [4.69, 9.17) is 0 Å². The van der Waals surface area contributed by atoms with Gasteiger partial charge in [-0.15, -0.1) is 12.4 Å². The monoisotopic (exact) mass is 325 g/mol. The smallest absolute Gasteiger partial charge is 0.314 e. The summed E-state index contributed by atoms with van der Waals surface area (Å²) in [6, 6.07) is 3.07. The highest BCUT2D eigenvalue weighted by molar-refractivity contribution is 7.89. The highest BCUT2D eigenvalue weighted by Crippen LogP contribution is 2.29. The fourth-order valence-electron chi connectivity index (χ4n) is 1.90. The van der Waals surface area contributed by atoms with Crippen LogP contribution in [0.15, 0.2) is 23.1 Å². The van der Waals surface area contributed by atoms with Gasteiger partial charge in [0.25, 0.3) is 0 Å². The molecule has 0 saturated carbocycles. The Morgan fingerprint density at radius 1 is 1.30 bits per heavy atom. The summed E-state index contributed by atoms with van der Waals surface area (Å²) in [5.74, 6) is -1.15. The zero-order chi connectivity index (χ0) is 14.0. The van der Waals surface area contributed by atoms with Crippen molar-refractivity contribution in [1.29, 1.82) is 0 Å². The van der Waals surface area contributed by atoms with Gasteiger partial charge in [-0.25, -0.2) is 8.42 Å². The number of nitrogens with zero attached hydrogens (tertiary/aromatic N) is 2. The molecular weight excluding hydrogens is 313 g/mol. The number of hydrogen-bond donors (Lipinski definition) is 1. The van der Waals surface area contributed by atoms with Crippen molar-refractivity contribution in [1.82, 2.24) is 9.62 Å². The number of rotatable bonds is 3. The molecule has 1 aromatic carbocycles. The number of piperazine rings is 1. The van der Waals surface area contributed by atoms with Crippen molar-refractivity contribution < 1.29 is 17.7 Å². The normalized spacial score (nSPS) is 16.4. The molecule has 1 saturated heterocycles. The van der Waals surface area contributed by atoms with E-state index in [9.17, 15) is 22.9 Å². The predicted octanol–water partition coefficient (Wildman–Crippen LogP) is 0.750. The third kappa shape index (κ3) is 3.06. The minimum atomic E-state index is -4.05. The Morgan fingerprint density at radius 3 is 2.45 bits per heavy atom. The van der Waals surface area contributed by atoms with E-state index < -0.39 is 31.3 Å². The van der Waals surface area contributed by atoms with Crippen LogP contribution >= 0.6 is 12.4 Å². The first kappa shape index (κ1) is 16.8. The molecule has 0 spiro atoms. The highest BCUT2D eigenvalue weighted by atomic mass is 35.5. The zero-order valence-electron chi connectivity index (χ0n) is 10.3. The largest absolute Gasteiger partial charge is 0.324 e. The lowest BCUT2D eigenvalue weighted by Gasteiger charge is -2.26. The lowest BCUT2D eigenvalue weighted by atomic mass is 10.3. The van der Waals surface area contributed by atoms with Gasteiger partial charge in [0.15, 0.2) is 4.90 Å². The van der Waals surface area contributed by atoms with Gasteiger partial charge < -0.3 is 5.32 Å². The first-order chi connectivity index (χ1) is 8.94. The van der Waals surface area contributed by atoms with Gasteiger partial charge in [0.1, 0.15) is 0 Å². The minimum Gasteiger partial charge on any atom is -0.314 e. The molecule has 20 heavy (non-hydrogen) atoms. The topological polar surface area (TPSA) is 92.5 Å². The summed E-state index contributed by atoms with van der Waals surface area (Å²) < 4.78 is 39.2. The molecule has 10 heteroatoms. The molecule has 0 aliphatic carbocycles. The van der Waals surface area contributed by atoms with Gasteiger partial charge in [-0.2, -0.15) is 8.70 Å². The summed E-state index contributed by atoms with van der Waals surface area (Å²) in [4.78, 5) is 9.24. The summed E-state index contributed by atoms with van der Waals surface area (Å²) in [7, 11) is -4.05. The maximum Gasteiger partial charge on any atom is 0.324 e. The minimum absolute atomic E-state index is 0. The fourth-order valence-corrected chi connectivity index (χ4v) is 3.51. The van der Waals surface area contributed by atoms with Crippen molar-refractivity contribution in [3.8, 4) is 0 Å². The number of para-hydroxylation sites is 1. The molecule has 0 aromatic heterocycles. The molecule has 0 bridgehead atoms. The lowest BCUT2D eigenvalue weighted by Crippen LogP contribution is -2.46. The second-order valence-electron chi connectivity index (χ2n) is 4.00. The van der Waals surface area contributed by atoms with Crippen LogP contribution in [-0.4, -0.2) is 43.8 Å². The van der Waals surface area contributed by atoms with Gasteiger partial charge in [0.2, 0.25) is 15.8 Å². The number of nitro benzene ring substituents is 1. The van der Waals surface area contributed by atoms with Gasteiger partial charge in [-0.1, -0.05) is 6.07 Å². The number of halogens is 2. The third-order valence-corrected chi connectivity index (χ3v) is 4.76. The SMILES string of the molecule is Cl.O=[N+]([O-])c1c(F)cccc1S(=O)(=O)N1CCNCC1. The van der Waals surface area contributed by atoms with E-state index in [2.05, 4.69) is 5.32 Å². The lowest BCUT2D eigenvalue weighted by molar-refractivity contribution is -0.390. The Hall–Kier alpha value is -1.29. The highest BCUT2D eigenvalue weighted by Gasteiger charge is 2.34. The number of hydrogen-bond acceptors (Lipinski definition) is 5. The molecule has 2 rings (SSSR count). The van der Waals surface area contributed by atoms with Crippen LogP contribution in [0.2, 0.25) is 0 Å². The van der Waals surface area contributed by atoms with Crippen LogP contribution in [0.4, 0.5) is 10.1 Å². The van der Waals surface area contributed by atoms with E-state index in [0.29, 0.717) is 13.1 Å². The van der Waals surface area contributed by atoms with Crippen LogP contribution in [0.5, 0.6) is 0 Å². The number of nitrogens with one attached hydrogen (secondary N) is 1. The standard InChI is InChI=1S/C10H12FN3O4S.ClH/c11-8-2-1-3-9(10(8)14(15)16)19(17,18)13-6-4-12-5-7-13;/h1-3,12H,4-7H2;1H. The summed E-state index contributed by atoms with van der Waals surface area (Å²) in [5.41, 5.74) is -0.999. The van der Waals surface area contributed by atoms with Crippen molar-refractivity contribution in [2.75, 3.05) is 26.2 Å². The van der Waals surface area contributed by atoms with Crippen molar-refractivity contribution in [3.63, 3.8) is 0 Å². The number of nitro groups is 1. The molecule has 112 valence electrons. The first-order valence-electron chi connectivity index (χ1n) is 5.58. The van der Waals surface area contributed by atoms with Gasteiger partial charge in [0.05, 0.1) is 4.92 Å². The van der Waals surface area contributed by atoms with E-state index in [1.165, 1.54) is 0 Å². The number of sulfonamides is 1.